The molecule has 0 bridgehead atoms. The first-order chi connectivity index (χ1) is 10.1. The number of carbonyl (C=O) groups is 1. The van der Waals surface area contributed by atoms with E-state index in [2.05, 4.69) is 21.0 Å². The molecule has 0 fully saturated rings. The van der Waals surface area contributed by atoms with E-state index in [-0.39, 0.29) is 5.84 Å². The quantitative estimate of drug-likeness (QED) is 0.389. The third-order valence-corrected chi connectivity index (χ3v) is 2.70. The highest BCUT2D eigenvalue weighted by molar-refractivity contribution is 6.36. The van der Waals surface area contributed by atoms with Gasteiger partial charge in [0, 0.05) is 0 Å². The van der Waals surface area contributed by atoms with Gasteiger partial charge in [-0.1, -0.05) is 23.4 Å². The van der Waals surface area contributed by atoms with Gasteiger partial charge in [-0.3, -0.25) is 10.9 Å². The minimum atomic E-state index is -0.599. The molecule has 0 spiro atoms. The molecule has 0 amide bonds. The van der Waals surface area contributed by atoms with Gasteiger partial charge < -0.3 is 9.26 Å². The van der Waals surface area contributed by atoms with Gasteiger partial charge in [0.05, 0.1) is 12.8 Å². The summed E-state index contributed by atoms with van der Waals surface area (Å²) in [4.78, 5) is 16.0. The lowest BCUT2D eigenvalue weighted by atomic mass is 10.3. The number of nitrogens with zero attached hydrogens (tertiary/aromatic N) is 2. The molecule has 0 aliphatic rings. The minimum Gasteiger partial charge on any atom is -0.463 e. The smallest absolute Gasteiger partial charge is 0.375 e. The number of nitrogens with one attached hydrogen (secondary N) is 2. The average molecular weight is 288 g/mol. The van der Waals surface area contributed by atoms with Gasteiger partial charge in [-0.05, 0) is 26.0 Å². The second kappa shape index (κ2) is 6.56. The number of rotatable bonds is 3. The Morgan fingerprint density at radius 1 is 1.29 bits per heavy atom. The number of aliphatic imine (C=N–C) groups is 1. The van der Waals surface area contributed by atoms with Crippen LogP contribution in [-0.2, 0) is 9.53 Å². The first kappa shape index (κ1) is 14.6. The van der Waals surface area contributed by atoms with Crippen LogP contribution in [-0.4, -0.2) is 24.1 Å². The van der Waals surface area contributed by atoms with Crippen molar-refractivity contribution in [1.29, 1.82) is 0 Å². The molecule has 0 aliphatic carbocycles. The van der Waals surface area contributed by atoms with Crippen LogP contribution in [0, 0.1) is 13.8 Å². The Morgan fingerprint density at radius 2 is 2.00 bits per heavy atom. The van der Waals surface area contributed by atoms with Gasteiger partial charge in [-0.25, -0.2) is 9.79 Å². The molecule has 1 aromatic carbocycles. The number of benzene rings is 1. The molecule has 0 atom stereocenters. The van der Waals surface area contributed by atoms with Crippen molar-refractivity contribution < 1.29 is 14.1 Å². The molecule has 0 saturated carbocycles. The van der Waals surface area contributed by atoms with E-state index in [0.717, 1.165) is 5.69 Å². The summed E-state index contributed by atoms with van der Waals surface area (Å²) in [7, 11) is 1.29. The molecule has 0 aliphatic heterocycles. The van der Waals surface area contributed by atoms with Crippen LogP contribution in [0.1, 0.15) is 11.5 Å². The zero-order chi connectivity index (χ0) is 15.2. The van der Waals surface area contributed by atoms with Crippen LogP contribution in [0.3, 0.4) is 0 Å². The van der Waals surface area contributed by atoms with Crippen molar-refractivity contribution in [2.75, 3.05) is 12.5 Å². The molecule has 2 N–H and O–H groups in total. The van der Waals surface area contributed by atoms with Gasteiger partial charge in [0.2, 0.25) is 5.84 Å². The maximum atomic E-state index is 11.8. The summed E-state index contributed by atoms with van der Waals surface area (Å²) >= 11 is 0. The van der Waals surface area contributed by atoms with Crippen LogP contribution in [0.2, 0.25) is 0 Å². The van der Waals surface area contributed by atoms with E-state index in [9.17, 15) is 4.79 Å². The molecule has 1 aromatic heterocycles. The summed E-state index contributed by atoms with van der Waals surface area (Å²) in [5, 5.41) is 3.79. The van der Waals surface area contributed by atoms with Gasteiger partial charge in [0.15, 0.2) is 5.76 Å². The second-order valence-electron chi connectivity index (χ2n) is 4.24. The van der Waals surface area contributed by atoms with Crippen molar-refractivity contribution in [3.05, 3.63) is 41.8 Å². The zero-order valence-electron chi connectivity index (χ0n) is 12.0. The number of ether oxygens (including phenoxy) is 1. The number of methoxy groups -OCH3 is 1. The Hall–Kier alpha value is -2.83. The molecule has 21 heavy (non-hydrogen) atoms. The molecule has 7 nitrogen and oxygen atoms in total. The van der Waals surface area contributed by atoms with Crippen molar-refractivity contribution in [1.82, 2.24) is 10.6 Å². The Balaban J connectivity index is 2.21. The maximum Gasteiger partial charge on any atom is 0.375 e. The lowest BCUT2D eigenvalue weighted by Gasteiger charge is -2.10. The fourth-order valence-electron chi connectivity index (χ4n) is 1.62. The highest BCUT2D eigenvalue weighted by Gasteiger charge is 2.15. The fourth-order valence-corrected chi connectivity index (χ4v) is 1.62. The van der Waals surface area contributed by atoms with E-state index in [1.807, 2.05) is 30.3 Å². The number of hydrogen-bond donors (Lipinski definition) is 2. The molecule has 2 aromatic rings. The van der Waals surface area contributed by atoms with Gasteiger partial charge in [0.1, 0.15) is 11.4 Å². The topological polar surface area (TPSA) is 88.8 Å². The average Bonchev–Trinajstić information content (AvgIpc) is 2.83. The molecule has 2 rings (SSSR count). The summed E-state index contributed by atoms with van der Waals surface area (Å²) in [6.45, 7) is 3.47. The van der Waals surface area contributed by atoms with E-state index < -0.39 is 5.97 Å². The number of anilines is 1. The lowest BCUT2D eigenvalue weighted by molar-refractivity contribution is -0.132. The molecular formula is C14H16N4O3. The van der Waals surface area contributed by atoms with Crippen molar-refractivity contribution in [2.24, 2.45) is 4.99 Å². The highest BCUT2D eigenvalue weighted by Crippen LogP contribution is 2.22. The number of para-hydroxylation sites is 1. The molecule has 0 radical (unpaired) electrons. The summed E-state index contributed by atoms with van der Waals surface area (Å²) < 4.78 is 9.72. The van der Waals surface area contributed by atoms with Crippen LogP contribution < -0.4 is 10.9 Å². The summed E-state index contributed by atoms with van der Waals surface area (Å²) in [6.07, 6.45) is 0. The summed E-state index contributed by atoms with van der Waals surface area (Å²) in [6, 6.07) is 9.32. The fraction of sp³-hybridized carbons (Fsp3) is 0.214. The molecular weight excluding hydrogens is 272 g/mol. The number of hydrogen-bond acceptors (Lipinski definition) is 6. The first-order valence-corrected chi connectivity index (χ1v) is 6.28. The van der Waals surface area contributed by atoms with Gasteiger partial charge in [0.25, 0.3) is 0 Å². The Labute approximate surface area is 122 Å². The monoisotopic (exact) mass is 288 g/mol. The van der Waals surface area contributed by atoms with E-state index in [1.54, 1.807) is 13.8 Å². The molecule has 110 valence electrons. The maximum absolute atomic E-state index is 11.8. The number of amidine groups is 1. The lowest BCUT2D eigenvalue weighted by Crippen LogP contribution is -2.36. The number of aryl methyl sites for hydroxylation is 2. The van der Waals surface area contributed by atoms with E-state index in [0.29, 0.717) is 17.1 Å². The van der Waals surface area contributed by atoms with Crippen molar-refractivity contribution >= 4 is 23.2 Å². The minimum absolute atomic E-state index is 0.00996. The third kappa shape index (κ3) is 3.59. The molecule has 0 saturated heterocycles. The Bertz CT molecular complexity index is 630. The van der Waals surface area contributed by atoms with Crippen LogP contribution in [0.15, 0.2) is 39.8 Å². The van der Waals surface area contributed by atoms with E-state index >= 15 is 0 Å². The Morgan fingerprint density at radius 3 is 2.57 bits per heavy atom. The largest absolute Gasteiger partial charge is 0.463 e. The van der Waals surface area contributed by atoms with E-state index in [1.165, 1.54) is 7.11 Å². The van der Waals surface area contributed by atoms with Crippen molar-refractivity contribution in [3.63, 3.8) is 0 Å². The number of hydrazine groups is 1. The first-order valence-electron chi connectivity index (χ1n) is 6.28. The number of carbonyl (C=O) groups excluding carboxylic acids is 1. The third-order valence-electron chi connectivity index (χ3n) is 2.70. The number of aromatic nitrogens is 1. The van der Waals surface area contributed by atoms with Crippen molar-refractivity contribution in [3.8, 4) is 0 Å². The normalized spacial score (nSPS) is 11.1. The molecule has 1 heterocycles. The highest BCUT2D eigenvalue weighted by atomic mass is 16.5. The van der Waals surface area contributed by atoms with Gasteiger partial charge >= 0.3 is 5.97 Å². The van der Waals surface area contributed by atoms with Crippen LogP contribution in [0.5, 0.6) is 0 Å². The summed E-state index contributed by atoms with van der Waals surface area (Å²) in [5.74, 6) is -0.0652. The number of esters is 1. The van der Waals surface area contributed by atoms with Crippen LogP contribution >= 0.6 is 0 Å². The predicted octanol–water partition coefficient (Wildman–Crippen LogP) is 2.11. The standard InChI is InChI=1S/C14H16N4O3/c1-9-12(10(2)21-18-9)15-13(14(19)20-3)17-16-11-7-5-4-6-8-11/h4-8,16H,1-3H3,(H,15,17). The Kier molecular flexibility index (Phi) is 4.55. The van der Waals surface area contributed by atoms with Crippen molar-refractivity contribution in [2.45, 2.75) is 13.8 Å². The molecule has 7 heteroatoms. The second-order valence-corrected chi connectivity index (χ2v) is 4.24. The predicted molar refractivity (Wildman–Crippen MR) is 78.3 cm³/mol. The zero-order valence-corrected chi connectivity index (χ0v) is 12.0. The van der Waals surface area contributed by atoms with Crippen LogP contribution in [0.4, 0.5) is 11.4 Å². The van der Waals surface area contributed by atoms with Crippen LogP contribution in [0.25, 0.3) is 0 Å². The van der Waals surface area contributed by atoms with E-state index in [4.69, 9.17) is 9.26 Å². The molecule has 0 unspecified atom stereocenters. The van der Waals surface area contributed by atoms with Gasteiger partial charge in [-0.15, -0.1) is 0 Å². The SMILES string of the molecule is COC(=O)C(=Nc1c(C)noc1C)NNc1ccccc1. The van der Waals surface area contributed by atoms with Gasteiger partial charge in [-0.2, -0.15) is 0 Å². The summed E-state index contributed by atoms with van der Waals surface area (Å²) in [5.41, 5.74) is 7.49.